The smallest absolute Gasteiger partial charge is 0.238 e. The highest BCUT2D eigenvalue weighted by Gasteiger charge is 2.21. The first-order valence-corrected chi connectivity index (χ1v) is 7.67. The number of aryl methyl sites for hydroxylation is 1. The van der Waals surface area contributed by atoms with Gasteiger partial charge in [0.05, 0.1) is 12.3 Å². The lowest BCUT2D eigenvalue weighted by Crippen LogP contribution is -2.36. The van der Waals surface area contributed by atoms with Crippen LogP contribution < -0.4 is 10.6 Å². The molecule has 0 saturated carbocycles. The minimum atomic E-state index is -3.08. The van der Waals surface area contributed by atoms with E-state index in [4.69, 9.17) is 0 Å². The molecule has 2 N–H and O–H groups in total. The van der Waals surface area contributed by atoms with E-state index < -0.39 is 9.84 Å². The molecular formula is C13H16N2O3S. The highest BCUT2D eigenvalue weighted by Crippen LogP contribution is 2.09. The first-order valence-electron chi connectivity index (χ1n) is 5.95. The van der Waals surface area contributed by atoms with Gasteiger partial charge >= 0.3 is 0 Å². The van der Waals surface area contributed by atoms with Gasteiger partial charge in [-0.25, -0.2) is 8.42 Å². The average Bonchev–Trinajstić information content (AvgIpc) is 2.69. The SMILES string of the molecule is Cc1ccc(NC(=O)CNC2C=CS(=O)(=O)C2)cc1. The normalized spacial score (nSPS) is 20.4. The van der Waals surface area contributed by atoms with Crippen molar-refractivity contribution in [3.05, 3.63) is 41.3 Å². The average molecular weight is 280 g/mol. The quantitative estimate of drug-likeness (QED) is 0.857. The van der Waals surface area contributed by atoms with Gasteiger partial charge in [0.25, 0.3) is 0 Å². The molecule has 0 aromatic heterocycles. The second-order valence-corrected chi connectivity index (χ2v) is 6.49. The third-order valence-corrected chi connectivity index (χ3v) is 4.19. The molecule has 1 aromatic carbocycles. The van der Waals surface area contributed by atoms with E-state index in [0.29, 0.717) is 0 Å². The van der Waals surface area contributed by atoms with Crippen LogP contribution in [0, 0.1) is 6.92 Å². The number of carbonyl (C=O) groups is 1. The molecule has 1 heterocycles. The number of amides is 1. The third kappa shape index (κ3) is 4.18. The Hall–Kier alpha value is -1.66. The van der Waals surface area contributed by atoms with E-state index in [0.717, 1.165) is 11.3 Å². The van der Waals surface area contributed by atoms with E-state index in [2.05, 4.69) is 10.6 Å². The Bertz CT molecular complexity index is 591. The molecule has 0 fully saturated rings. The van der Waals surface area contributed by atoms with E-state index >= 15 is 0 Å². The minimum Gasteiger partial charge on any atom is -0.325 e. The molecule has 0 spiro atoms. The standard InChI is InChI=1S/C13H16N2O3S/c1-10-2-4-11(5-3-10)15-13(16)8-14-12-6-7-19(17,18)9-12/h2-7,12,14H,8-9H2,1H3,(H,15,16). The molecule has 2 rings (SSSR count). The Kier molecular flexibility index (Phi) is 4.01. The van der Waals surface area contributed by atoms with E-state index in [-0.39, 0.29) is 24.2 Å². The molecule has 5 nitrogen and oxygen atoms in total. The maximum absolute atomic E-state index is 11.7. The van der Waals surface area contributed by atoms with Crippen molar-refractivity contribution in [3.63, 3.8) is 0 Å². The maximum atomic E-state index is 11.7. The highest BCUT2D eigenvalue weighted by molar-refractivity contribution is 7.94. The molecule has 1 aromatic rings. The van der Waals surface area contributed by atoms with Crippen molar-refractivity contribution in [2.45, 2.75) is 13.0 Å². The molecule has 1 aliphatic heterocycles. The first kappa shape index (κ1) is 13.8. The Balaban J connectivity index is 1.79. The Morgan fingerprint density at radius 1 is 1.32 bits per heavy atom. The van der Waals surface area contributed by atoms with E-state index in [1.54, 1.807) is 6.08 Å². The first-order chi connectivity index (χ1) is 8.94. The summed E-state index contributed by atoms with van der Waals surface area (Å²) < 4.78 is 22.4. The lowest BCUT2D eigenvalue weighted by atomic mass is 10.2. The lowest BCUT2D eigenvalue weighted by Gasteiger charge is -2.10. The maximum Gasteiger partial charge on any atom is 0.238 e. The predicted octanol–water partition coefficient (Wildman–Crippen LogP) is 0.834. The van der Waals surface area contributed by atoms with Crippen molar-refractivity contribution < 1.29 is 13.2 Å². The van der Waals surface area contributed by atoms with Crippen LogP contribution in [0.2, 0.25) is 0 Å². The van der Waals surface area contributed by atoms with Gasteiger partial charge in [-0.15, -0.1) is 0 Å². The van der Waals surface area contributed by atoms with E-state index in [1.165, 1.54) is 5.41 Å². The monoisotopic (exact) mass is 280 g/mol. The van der Waals surface area contributed by atoms with Gasteiger partial charge in [0.2, 0.25) is 5.91 Å². The minimum absolute atomic E-state index is 0.0187. The topological polar surface area (TPSA) is 75.3 Å². The van der Waals surface area contributed by atoms with Gasteiger partial charge in [-0.2, -0.15) is 0 Å². The van der Waals surface area contributed by atoms with E-state index in [1.807, 2.05) is 31.2 Å². The number of nitrogens with one attached hydrogen (secondary N) is 2. The molecule has 1 amide bonds. The van der Waals surface area contributed by atoms with Crippen LogP contribution in [-0.4, -0.2) is 32.7 Å². The fourth-order valence-corrected chi connectivity index (χ4v) is 3.04. The fraction of sp³-hybridized carbons (Fsp3) is 0.308. The predicted molar refractivity (Wildman–Crippen MR) is 74.5 cm³/mol. The van der Waals surface area contributed by atoms with E-state index in [9.17, 15) is 13.2 Å². The van der Waals surface area contributed by atoms with Crippen LogP contribution in [0.5, 0.6) is 0 Å². The largest absolute Gasteiger partial charge is 0.325 e. The zero-order chi connectivity index (χ0) is 13.9. The molecule has 0 saturated heterocycles. The summed E-state index contributed by atoms with van der Waals surface area (Å²) >= 11 is 0. The molecule has 0 aliphatic carbocycles. The summed E-state index contributed by atoms with van der Waals surface area (Å²) in [5.74, 6) is -0.174. The summed E-state index contributed by atoms with van der Waals surface area (Å²) in [6.45, 7) is 2.05. The summed E-state index contributed by atoms with van der Waals surface area (Å²) in [6.07, 6.45) is 1.56. The number of sulfone groups is 1. The number of rotatable bonds is 4. The summed E-state index contributed by atoms with van der Waals surface area (Å²) in [7, 11) is -3.08. The van der Waals surface area contributed by atoms with Gasteiger partial charge in [-0.3, -0.25) is 4.79 Å². The number of benzene rings is 1. The molecule has 0 radical (unpaired) electrons. The summed E-state index contributed by atoms with van der Waals surface area (Å²) in [5, 5.41) is 6.81. The summed E-state index contributed by atoms with van der Waals surface area (Å²) in [4.78, 5) is 11.7. The Morgan fingerprint density at radius 2 is 2.00 bits per heavy atom. The van der Waals surface area contributed by atoms with Gasteiger partial charge in [0.15, 0.2) is 9.84 Å². The van der Waals surface area contributed by atoms with Gasteiger partial charge < -0.3 is 10.6 Å². The zero-order valence-electron chi connectivity index (χ0n) is 10.6. The van der Waals surface area contributed by atoms with Gasteiger partial charge in [-0.1, -0.05) is 23.8 Å². The molecule has 19 heavy (non-hydrogen) atoms. The molecule has 6 heteroatoms. The highest BCUT2D eigenvalue weighted by atomic mass is 32.2. The third-order valence-electron chi connectivity index (χ3n) is 2.79. The number of anilines is 1. The molecule has 1 atom stereocenters. The van der Waals surface area contributed by atoms with Crippen molar-refractivity contribution >= 4 is 21.4 Å². The van der Waals surface area contributed by atoms with Crippen LogP contribution in [0.1, 0.15) is 5.56 Å². The van der Waals surface area contributed by atoms with Crippen molar-refractivity contribution in [2.75, 3.05) is 17.6 Å². The van der Waals surface area contributed by atoms with Crippen molar-refractivity contribution in [2.24, 2.45) is 0 Å². The van der Waals surface area contributed by atoms with Crippen LogP contribution in [0.3, 0.4) is 0 Å². The second-order valence-electron chi connectivity index (χ2n) is 4.56. The summed E-state index contributed by atoms with van der Waals surface area (Å²) in [6, 6.07) is 7.19. The number of hydrogen-bond acceptors (Lipinski definition) is 4. The molecule has 102 valence electrons. The fourth-order valence-electron chi connectivity index (χ4n) is 1.77. The van der Waals surface area contributed by atoms with Crippen molar-refractivity contribution in [1.82, 2.24) is 5.32 Å². The number of carbonyl (C=O) groups excluding carboxylic acids is 1. The van der Waals surface area contributed by atoms with Crippen molar-refractivity contribution in [3.8, 4) is 0 Å². The zero-order valence-corrected chi connectivity index (χ0v) is 11.4. The van der Waals surface area contributed by atoms with Crippen LogP contribution in [0.15, 0.2) is 35.7 Å². The Labute approximate surface area is 112 Å². The Morgan fingerprint density at radius 3 is 2.58 bits per heavy atom. The molecule has 1 unspecified atom stereocenters. The number of hydrogen-bond donors (Lipinski definition) is 2. The van der Waals surface area contributed by atoms with Gasteiger partial charge in [0, 0.05) is 17.1 Å². The molecule has 0 bridgehead atoms. The molecular weight excluding hydrogens is 264 g/mol. The van der Waals surface area contributed by atoms with Crippen LogP contribution in [0.4, 0.5) is 5.69 Å². The van der Waals surface area contributed by atoms with Crippen LogP contribution in [-0.2, 0) is 14.6 Å². The molecule has 1 aliphatic rings. The summed E-state index contributed by atoms with van der Waals surface area (Å²) in [5.41, 5.74) is 1.85. The van der Waals surface area contributed by atoms with Crippen LogP contribution >= 0.6 is 0 Å². The van der Waals surface area contributed by atoms with Gasteiger partial charge in [-0.05, 0) is 19.1 Å². The van der Waals surface area contributed by atoms with Crippen molar-refractivity contribution in [1.29, 1.82) is 0 Å². The second kappa shape index (κ2) is 5.54. The van der Waals surface area contributed by atoms with Crippen LogP contribution in [0.25, 0.3) is 0 Å². The lowest BCUT2D eigenvalue weighted by molar-refractivity contribution is -0.115. The van der Waals surface area contributed by atoms with Gasteiger partial charge in [0.1, 0.15) is 0 Å².